The van der Waals surface area contributed by atoms with Gasteiger partial charge in [-0.25, -0.2) is 24.1 Å². The van der Waals surface area contributed by atoms with Crippen LogP contribution in [0.2, 0.25) is 5.02 Å². The summed E-state index contributed by atoms with van der Waals surface area (Å²) in [4.78, 5) is 24.2. The van der Waals surface area contributed by atoms with Crippen LogP contribution in [0.4, 0.5) is 21.1 Å². The third-order valence-corrected chi connectivity index (χ3v) is 7.51. The summed E-state index contributed by atoms with van der Waals surface area (Å²) in [5.74, 6) is 0.457. The monoisotopic (exact) mass is 577 g/mol. The van der Waals surface area contributed by atoms with E-state index in [-0.39, 0.29) is 30.2 Å². The van der Waals surface area contributed by atoms with Gasteiger partial charge in [0.15, 0.2) is 5.82 Å². The van der Waals surface area contributed by atoms with E-state index in [0.29, 0.717) is 33.9 Å². The average molecular weight is 578 g/mol. The zero-order valence-corrected chi connectivity index (χ0v) is 23.7. The maximum Gasteiger partial charge on any atom is 0.404 e. The number of aliphatic hydroxyl groups is 1. The molecule has 4 heterocycles. The molecule has 3 aromatic rings. The van der Waals surface area contributed by atoms with Crippen LogP contribution in [0, 0.1) is 5.82 Å². The molecule has 13 heteroatoms. The summed E-state index contributed by atoms with van der Waals surface area (Å²) in [6, 6.07) is 3.66. The Morgan fingerprint density at radius 2 is 1.95 bits per heavy atom. The standard InChI is InChI=1S/C19H20ClFN6O.C6H12O.C2H5NO2/c1-9(2)27-15-4-10(16-13(20)6-23-18(22)24-16)3-14(21)17(15)25-19(27)26-7-12-5-11(26)8-28-12;7-6-4-2-1-3-5-6;1-3-2(4)5/h3-4,6,9,11-12H,5,7-8H2,1-2H3,(H2,22,23,24);6-7H,1-5H2;3H,1H3,(H,4,5)/t11-,12?;;/m0../s1. The molecule has 2 saturated heterocycles. The highest BCUT2D eigenvalue weighted by Crippen LogP contribution is 2.38. The fourth-order valence-corrected chi connectivity index (χ4v) is 5.50. The van der Waals surface area contributed by atoms with Gasteiger partial charge in [-0.2, -0.15) is 0 Å². The first kappa shape index (κ1) is 29.8. The molecular weight excluding hydrogens is 541 g/mol. The predicted octanol–water partition coefficient (Wildman–Crippen LogP) is 4.62. The second kappa shape index (κ2) is 13.0. The van der Waals surface area contributed by atoms with Crippen molar-refractivity contribution >= 4 is 40.6 Å². The quantitative estimate of drug-likeness (QED) is 0.349. The summed E-state index contributed by atoms with van der Waals surface area (Å²) < 4.78 is 22.8. The molecule has 1 amide bonds. The molecule has 40 heavy (non-hydrogen) atoms. The lowest BCUT2D eigenvalue weighted by molar-refractivity contribution is 0.0983. The third kappa shape index (κ3) is 6.73. The molecule has 2 aromatic heterocycles. The van der Waals surface area contributed by atoms with E-state index < -0.39 is 11.9 Å². The van der Waals surface area contributed by atoms with Gasteiger partial charge in [-0.15, -0.1) is 0 Å². The largest absolute Gasteiger partial charge is 0.465 e. The van der Waals surface area contributed by atoms with Gasteiger partial charge in [0.05, 0.1) is 47.3 Å². The molecule has 3 fully saturated rings. The Bertz CT molecular complexity index is 1330. The molecule has 3 aliphatic rings. The minimum absolute atomic E-state index is 0.0359. The van der Waals surface area contributed by atoms with Gasteiger partial charge in [0.2, 0.25) is 11.9 Å². The fourth-order valence-electron chi connectivity index (χ4n) is 5.30. The number of amides is 1. The second-order valence-electron chi connectivity index (χ2n) is 10.5. The SMILES string of the molecule is CC(C)n1c(N2CC3C[C@H]2CO3)nc2c(F)cc(-c3nc(N)ncc3Cl)cc21.CNC(=O)O.OC1CCCCC1. The van der Waals surface area contributed by atoms with Gasteiger partial charge in [0.25, 0.3) is 0 Å². The van der Waals surface area contributed by atoms with Gasteiger partial charge in [-0.3, -0.25) is 0 Å². The van der Waals surface area contributed by atoms with Crippen molar-refractivity contribution in [2.75, 3.05) is 30.8 Å². The van der Waals surface area contributed by atoms with Crippen molar-refractivity contribution in [3.63, 3.8) is 0 Å². The summed E-state index contributed by atoms with van der Waals surface area (Å²) >= 11 is 6.24. The van der Waals surface area contributed by atoms with Gasteiger partial charge >= 0.3 is 6.09 Å². The Hall–Kier alpha value is -3.22. The number of aromatic nitrogens is 4. The van der Waals surface area contributed by atoms with Gasteiger partial charge in [-0.05, 0) is 45.2 Å². The number of imidazole rings is 1. The topological polar surface area (TPSA) is 152 Å². The number of ether oxygens (including phenoxy) is 1. The maximum atomic E-state index is 15.1. The molecule has 1 saturated carbocycles. The zero-order valence-electron chi connectivity index (χ0n) is 23.0. The molecule has 0 spiro atoms. The zero-order chi connectivity index (χ0) is 29.0. The summed E-state index contributed by atoms with van der Waals surface area (Å²) in [5.41, 5.74) is 7.70. The van der Waals surface area contributed by atoms with Crippen LogP contribution in [0.3, 0.4) is 0 Å². The molecule has 1 aliphatic carbocycles. The molecule has 218 valence electrons. The van der Waals surface area contributed by atoms with Crippen LogP contribution in [0.25, 0.3) is 22.3 Å². The van der Waals surface area contributed by atoms with Crippen molar-refractivity contribution in [2.24, 2.45) is 0 Å². The highest BCUT2D eigenvalue weighted by molar-refractivity contribution is 6.33. The number of fused-ring (bicyclic) bond motifs is 3. The van der Waals surface area contributed by atoms with Crippen molar-refractivity contribution in [1.82, 2.24) is 24.8 Å². The number of nitrogen functional groups attached to an aromatic ring is 1. The first-order chi connectivity index (χ1) is 19.1. The van der Waals surface area contributed by atoms with Crippen molar-refractivity contribution in [1.29, 1.82) is 0 Å². The van der Waals surface area contributed by atoms with Gasteiger partial charge in [-0.1, -0.05) is 30.9 Å². The van der Waals surface area contributed by atoms with Crippen molar-refractivity contribution < 1.29 is 24.1 Å². The van der Waals surface area contributed by atoms with Crippen molar-refractivity contribution in [3.8, 4) is 11.3 Å². The Labute approximate surface area is 237 Å². The Balaban J connectivity index is 0.000000257. The number of rotatable bonds is 3. The first-order valence-electron chi connectivity index (χ1n) is 13.6. The van der Waals surface area contributed by atoms with E-state index in [0.717, 1.165) is 31.8 Å². The average Bonchev–Trinajstić information content (AvgIpc) is 3.65. The van der Waals surface area contributed by atoms with Crippen molar-refractivity contribution in [2.45, 2.75) is 76.7 Å². The van der Waals surface area contributed by atoms with E-state index >= 15 is 4.39 Å². The number of anilines is 2. The van der Waals surface area contributed by atoms with E-state index in [2.05, 4.69) is 38.3 Å². The van der Waals surface area contributed by atoms with E-state index in [4.69, 9.17) is 32.3 Å². The van der Waals surface area contributed by atoms with Crippen LogP contribution >= 0.6 is 11.6 Å². The summed E-state index contributed by atoms with van der Waals surface area (Å²) in [6.07, 6.45) is 7.57. The molecule has 1 unspecified atom stereocenters. The third-order valence-electron chi connectivity index (χ3n) is 7.23. The van der Waals surface area contributed by atoms with E-state index in [1.165, 1.54) is 38.6 Å². The van der Waals surface area contributed by atoms with Crippen LogP contribution in [0.1, 0.15) is 58.4 Å². The number of nitrogens with zero attached hydrogens (tertiary/aromatic N) is 5. The second-order valence-corrected chi connectivity index (χ2v) is 10.9. The van der Waals surface area contributed by atoms with E-state index in [1.807, 2.05) is 11.4 Å². The minimum Gasteiger partial charge on any atom is -0.465 e. The molecule has 0 radical (unpaired) electrons. The smallest absolute Gasteiger partial charge is 0.404 e. The number of halogens is 2. The molecule has 2 bridgehead atoms. The fraction of sp³-hybridized carbons (Fsp3) is 0.556. The number of hydrogen-bond donors (Lipinski definition) is 4. The number of nitrogens with two attached hydrogens (primary N) is 1. The van der Waals surface area contributed by atoms with Crippen LogP contribution in [0.5, 0.6) is 0 Å². The normalized spacial score (nSPS) is 20.2. The highest BCUT2D eigenvalue weighted by atomic mass is 35.5. The Morgan fingerprint density at radius 3 is 2.48 bits per heavy atom. The molecule has 1 aromatic carbocycles. The minimum atomic E-state index is -0.995. The van der Waals surface area contributed by atoms with Crippen LogP contribution in [0.15, 0.2) is 18.3 Å². The molecule has 2 aliphatic heterocycles. The number of carboxylic acid groups (broad SMARTS) is 1. The molecule has 6 rings (SSSR count). The molecule has 2 atom stereocenters. The number of carbonyl (C=O) groups is 1. The van der Waals surface area contributed by atoms with E-state index in [9.17, 15) is 4.79 Å². The Morgan fingerprint density at radius 1 is 1.25 bits per heavy atom. The molecule has 5 N–H and O–H groups in total. The lowest BCUT2D eigenvalue weighted by Crippen LogP contribution is -2.38. The Kier molecular flexibility index (Phi) is 9.64. The van der Waals surface area contributed by atoms with Crippen molar-refractivity contribution in [3.05, 3.63) is 29.2 Å². The molecule has 11 nitrogen and oxygen atoms in total. The number of morpholine rings is 1. The first-order valence-corrected chi connectivity index (χ1v) is 13.9. The summed E-state index contributed by atoms with van der Waals surface area (Å²) in [6.45, 7) is 5.60. The van der Waals surface area contributed by atoms with Crippen LogP contribution in [-0.4, -0.2) is 74.3 Å². The summed E-state index contributed by atoms with van der Waals surface area (Å²) in [7, 11) is 1.35. The molecular formula is C27H37ClFN7O4. The summed E-state index contributed by atoms with van der Waals surface area (Å²) in [5, 5.41) is 18.8. The van der Waals surface area contributed by atoms with Crippen LogP contribution < -0.4 is 16.0 Å². The number of hydrogen-bond acceptors (Lipinski definition) is 8. The van der Waals surface area contributed by atoms with Crippen LogP contribution in [-0.2, 0) is 4.74 Å². The highest BCUT2D eigenvalue weighted by Gasteiger charge is 2.41. The van der Waals surface area contributed by atoms with Gasteiger partial charge in [0.1, 0.15) is 5.52 Å². The maximum absolute atomic E-state index is 15.1. The van der Waals surface area contributed by atoms with E-state index in [1.54, 1.807) is 0 Å². The predicted molar refractivity (Wildman–Crippen MR) is 152 cm³/mol. The lowest BCUT2D eigenvalue weighted by atomic mass is 9.98. The number of nitrogens with one attached hydrogen (secondary N) is 1. The van der Waals surface area contributed by atoms with Gasteiger partial charge < -0.3 is 35.5 Å². The number of aliphatic hydroxyl groups excluding tert-OH is 1. The van der Waals surface area contributed by atoms with Gasteiger partial charge in [0, 0.05) is 25.2 Å². The lowest BCUT2D eigenvalue weighted by Gasteiger charge is -2.29. The number of benzene rings is 1.